The number of hydrogen-bond donors (Lipinski definition) is 2. The van der Waals surface area contributed by atoms with Gasteiger partial charge in [0.2, 0.25) is 0 Å². The molecule has 1 aliphatic rings. The van der Waals surface area contributed by atoms with Gasteiger partial charge in [-0.2, -0.15) is 8.42 Å². The van der Waals surface area contributed by atoms with E-state index < -0.39 is 41.3 Å². The zero-order chi connectivity index (χ0) is 19.4. The number of benzene rings is 2. The lowest BCUT2D eigenvalue weighted by molar-refractivity contribution is -0.277. The number of rotatable bonds is 6. The molecule has 146 valence electrons. The molecule has 7 nitrogen and oxygen atoms in total. The van der Waals surface area contributed by atoms with Crippen LogP contribution in [0.25, 0.3) is 0 Å². The molecule has 0 saturated carbocycles. The third-order valence-corrected chi connectivity index (χ3v) is 5.53. The number of aliphatic hydroxyl groups excluding tert-OH is 2. The van der Waals surface area contributed by atoms with Crippen molar-refractivity contribution in [1.29, 1.82) is 0 Å². The van der Waals surface area contributed by atoms with E-state index in [4.69, 9.17) is 13.7 Å². The van der Waals surface area contributed by atoms with E-state index in [1.54, 1.807) is 24.3 Å². The Labute approximate surface area is 158 Å². The maximum atomic E-state index is 12.2. The molecule has 0 radical (unpaired) electrons. The minimum atomic E-state index is -4.02. The highest BCUT2D eigenvalue weighted by Crippen LogP contribution is 2.28. The van der Waals surface area contributed by atoms with Crippen molar-refractivity contribution in [1.82, 2.24) is 0 Å². The maximum Gasteiger partial charge on any atom is 0.297 e. The van der Waals surface area contributed by atoms with Crippen LogP contribution in [0.5, 0.6) is 0 Å². The Balaban J connectivity index is 1.64. The zero-order valence-electron chi connectivity index (χ0n) is 14.8. The summed E-state index contributed by atoms with van der Waals surface area (Å²) in [4.78, 5) is -0.00379. The van der Waals surface area contributed by atoms with Gasteiger partial charge in [0.15, 0.2) is 6.29 Å². The maximum absolute atomic E-state index is 12.2. The Kier molecular flexibility index (Phi) is 6.25. The highest BCUT2D eigenvalue weighted by molar-refractivity contribution is 7.86. The van der Waals surface area contributed by atoms with E-state index in [-0.39, 0.29) is 11.5 Å². The molecule has 0 aliphatic carbocycles. The molecule has 0 aromatic heterocycles. The average Bonchev–Trinajstić information content (AvgIpc) is 2.67. The van der Waals surface area contributed by atoms with E-state index >= 15 is 0 Å². The minimum Gasteiger partial charge on any atom is -0.388 e. The largest absolute Gasteiger partial charge is 0.388 e. The van der Waals surface area contributed by atoms with Crippen molar-refractivity contribution >= 4 is 10.1 Å². The average molecular weight is 394 g/mol. The van der Waals surface area contributed by atoms with Gasteiger partial charge in [0, 0.05) is 5.56 Å². The fourth-order valence-corrected chi connectivity index (χ4v) is 3.64. The van der Waals surface area contributed by atoms with Crippen LogP contribution in [0.2, 0.25) is 0 Å². The van der Waals surface area contributed by atoms with Gasteiger partial charge in [-0.1, -0.05) is 48.0 Å². The van der Waals surface area contributed by atoms with E-state index in [2.05, 4.69) is 0 Å². The molecule has 0 bridgehead atoms. The number of aryl methyl sites for hydroxylation is 1. The van der Waals surface area contributed by atoms with E-state index in [1.165, 1.54) is 12.1 Å². The molecule has 1 heterocycles. The van der Waals surface area contributed by atoms with Crippen LogP contribution in [-0.4, -0.2) is 50.2 Å². The predicted molar refractivity (Wildman–Crippen MR) is 96.3 cm³/mol. The van der Waals surface area contributed by atoms with Crippen LogP contribution in [0.1, 0.15) is 17.4 Å². The predicted octanol–water partition coefficient (Wildman–Crippen LogP) is 1.54. The zero-order valence-corrected chi connectivity index (χ0v) is 15.6. The molecule has 2 aromatic carbocycles. The minimum absolute atomic E-state index is 0.00379. The number of aliphatic hydroxyl groups is 2. The Morgan fingerprint density at radius 3 is 2.48 bits per heavy atom. The molecule has 0 spiro atoms. The van der Waals surface area contributed by atoms with Crippen molar-refractivity contribution in [2.45, 2.75) is 36.4 Å². The fraction of sp³-hybridized carbons (Fsp3) is 0.368. The van der Waals surface area contributed by atoms with E-state index in [1.807, 2.05) is 25.1 Å². The topological polar surface area (TPSA) is 102 Å². The summed E-state index contributed by atoms with van der Waals surface area (Å²) in [5.74, 6) is 0. The second kappa shape index (κ2) is 8.47. The molecule has 8 heteroatoms. The van der Waals surface area contributed by atoms with Gasteiger partial charge in [0.1, 0.15) is 18.3 Å². The Hall–Kier alpha value is -1.81. The molecule has 3 rings (SSSR count). The van der Waals surface area contributed by atoms with Gasteiger partial charge in [-0.05, 0) is 19.1 Å². The van der Waals surface area contributed by atoms with Crippen molar-refractivity contribution in [3.63, 3.8) is 0 Å². The van der Waals surface area contributed by atoms with Crippen molar-refractivity contribution < 1.29 is 32.3 Å². The highest BCUT2D eigenvalue weighted by Gasteiger charge is 2.37. The molecule has 4 atom stereocenters. The Morgan fingerprint density at radius 2 is 1.81 bits per heavy atom. The smallest absolute Gasteiger partial charge is 0.297 e. The van der Waals surface area contributed by atoms with Gasteiger partial charge < -0.3 is 19.7 Å². The normalized spacial score (nSPS) is 24.5. The summed E-state index contributed by atoms with van der Waals surface area (Å²) < 4.78 is 40.5. The standard InChI is InChI=1S/C19H22O7S/c1-13-7-9-15(10-8-13)27(22,23)25-12-17(21)18-16(20)11-24-19(26-18)14-5-3-2-4-6-14/h2-10,16-21H,11-12H2,1H3. The van der Waals surface area contributed by atoms with E-state index in [0.717, 1.165) is 11.1 Å². The lowest BCUT2D eigenvalue weighted by atomic mass is 10.1. The van der Waals surface area contributed by atoms with Gasteiger partial charge in [-0.25, -0.2) is 0 Å². The SMILES string of the molecule is Cc1ccc(S(=O)(=O)OCC(O)C2OC(c3ccccc3)OCC2O)cc1. The quantitative estimate of drug-likeness (QED) is 0.717. The third kappa shape index (κ3) is 4.92. The van der Waals surface area contributed by atoms with Crippen LogP contribution in [0.4, 0.5) is 0 Å². The molecule has 1 saturated heterocycles. The van der Waals surface area contributed by atoms with Gasteiger partial charge in [-0.15, -0.1) is 0 Å². The molecule has 1 fully saturated rings. The Morgan fingerprint density at radius 1 is 1.15 bits per heavy atom. The van der Waals surface area contributed by atoms with Crippen LogP contribution in [0.3, 0.4) is 0 Å². The molecule has 2 N–H and O–H groups in total. The summed E-state index contributed by atoms with van der Waals surface area (Å²) in [5.41, 5.74) is 1.65. The second-order valence-electron chi connectivity index (χ2n) is 6.36. The summed E-state index contributed by atoms with van der Waals surface area (Å²) in [6.45, 7) is 1.25. The molecule has 4 unspecified atom stereocenters. The molecular formula is C19H22O7S. The summed E-state index contributed by atoms with van der Waals surface area (Å²) in [7, 11) is -4.02. The third-order valence-electron chi connectivity index (χ3n) is 4.23. The van der Waals surface area contributed by atoms with Crippen LogP contribution in [0, 0.1) is 6.92 Å². The van der Waals surface area contributed by atoms with Crippen molar-refractivity contribution in [2.75, 3.05) is 13.2 Å². The van der Waals surface area contributed by atoms with Crippen molar-refractivity contribution in [3.05, 3.63) is 65.7 Å². The first kappa shape index (κ1) is 19.9. The van der Waals surface area contributed by atoms with E-state index in [9.17, 15) is 18.6 Å². The summed E-state index contributed by atoms with van der Waals surface area (Å²) in [5, 5.41) is 20.4. The fourth-order valence-electron chi connectivity index (χ4n) is 2.71. The molecule has 27 heavy (non-hydrogen) atoms. The second-order valence-corrected chi connectivity index (χ2v) is 7.98. The summed E-state index contributed by atoms with van der Waals surface area (Å²) in [6, 6.07) is 15.2. The summed E-state index contributed by atoms with van der Waals surface area (Å²) >= 11 is 0. The van der Waals surface area contributed by atoms with Crippen LogP contribution in [-0.2, 0) is 23.8 Å². The first-order chi connectivity index (χ1) is 12.9. The van der Waals surface area contributed by atoms with Gasteiger partial charge in [0.05, 0.1) is 18.1 Å². The first-order valence-electron chi connectivity index (χ1n) is 8.51. The molecular weight excluding hydrogens is 372 g/mol. The van der Waals surface area contributed by atoms with Crippen LogP contribution >= 0.6 is 0 Å². The van der Waals surface area contributed by atoms with Crippen molar-refractivity contribution in [3.8, 4) is 0 Å². The highest BCUT2D eigenvalue weighted by atomic mass is 32.2. The van der Waals surface area contributed by atoms with Crippen LogP contribution < -0.4 is 0 Å². The Bertz CT molecular complexity index is 836. The number of hydrogen-bond acceptors (Lipinski definition) is 7. The molecule has 1 aliphatic heterocycles. The van der Waals surface area contributed by atoms with Crippen molar-refractivity contribution in [2.24, 2.45) is 0 Å². The van der Waals surface area contributed by atoms with Gasteiger partial charge in [0.25, 0.3) is 10.1 Å². The van der Waals surface area contributed by atoms with Crippen LogP contribution in [0.15, 0.2) is 59.5 Å². The molecule has 2 aromatic rings. The monoisotopic (exact) mass is 394 g/mol. The first-order valence-corrected chi connectivity index (χ1v) is 9.92. The molecule has 0 amide bonds. The number of ether oxygens (including phenoxy) is 2. The van der Waals surface area contributed by atoms with Gasteiger partial charge in [-0.3, -0.25) is 4.18 Å². The summed E-state index contributed by atoms with van der Waals surface area (Å²) in [6.07, 6.45) is -4.26. The lowest BCUT2D eigenvalue weighted by Crippen LogP contribution is -2.49. The lowest BCUT2D eigenvalue weighted by Gasteiger charge is -2.36. The van der Waals surface area contributed by atoms with E-state index in [0.29, 0.717) is 0 Å². The van der Waals surface area contributed by atoms with Gasteiger partial charge >= 0.3 is 0 Å².